The van der Waals surface area contributed by atoms with Crippen LogP contribution in [0.15, 0.2) is 53.4 Å². The van der Waals surface area contributed by atoms with E-state index in [1.807, 2.05) is 0 Å². The van der Waals surface area contributed by atoms with Crippen molar-refractivity contribution in [2.45, 2.75) is 30.7 Å². The molecule has 0 aromatic heterocycles. The fourth-order valence-corrected chi connectivity index (χ4v) is 4.46. The number of likely N-dealkylation sites (tertiary alicyclic amines) is 1. The van der Waals surface area contributed by atoms with Crippen molar-refractivity contribution in [2.75, 3.05) is 32.5 Å². The predicted molar refractivity (Wildman–Crippen MR) is 111 cm³/mol. The Bertz CT molecular complexity index is 940. The Hall–Kier alpha value is -2.22. The lowest BCUT2D eigenvalue weighted by atomic mass is 10.0. The third-order valence-electron chi connectivity index (χ3n) is 5.07. The molecule has 0 saturated carbocycles. The van der Waals surface area contributed by atoms with Crippen molar-refractivity contribution in [1.82, 2.24) is 9.21 Å². The number of hydrogen-bond donors (Lipinski definition) is 1. The molecule has 1 fully saturated rings. The van der Waals surface area contributed by atoms with E-state index < -0.39 is 10.0 Å². The quantitative estimate of drug-likeness (QED) is 0.808. The Kier molecular flexibility index (Phi) is 6.17. The molecular weight excluding hydrogens is 374 g/mol. The molecule has 3 rings (SSSR count). The Balaban J connectivity index is 1.68. The van der Waals surface area contributed by atoms with Crippen LogP contribution in [0.4, 0.5) is 5.69 Å². The summed E-state index contributed by atoms with van der Waals surface area (Å²) < 4.78 is 25.7. The zero-order valence-electron chi connectivity index (χ0n) is 16.6. The van der Waals surface area contributed by atoms with E-state index in [0.29, 0.717) is 5.69 Å². The number of nitrogens with zero attached hydrogens (tertiary/aromatic N) is 2. The van der Waals surface area contributed by atoms with Gasteiger partial charge in [-0.1, -0.05) is 35.9 Å². The number of nitrogens with one attached hydrogen (secondary N) is 1. The number of sulfonamides is 1. The minimum atomic E-state index is -3.53. The lowest BCUT2D eigenvalue weighted by Crippen LogP contribution is -2.33. The van der Waals surface area contributed by atoms with Gasteiger partial charge in [-0.2, -0.15) is 0 Å². The average Bonchev–Trinajstić information content (AvgIpc) is 3.10. The summed E-state index contributed by atoms with van der Waals surface area (Å²) in [4.78, 5) is 14.9. The SMILES string of the molecule is Cc1ccc([C@@H]2CCCN2CC(=O)Nc2cccc(S(=O)(=O)N(C)C)c2)cc1. The molecule has 1 N–H and O–H groups in total. The van der Waals surface area contributed by atoms with Crippen LogP contribution in [0.1, 0.15) is 30.0 Å². The molecule has 2 aromatic carbocycles. The maximum absolute atomic E-state index is 12.6. The van der Waals surface area contributed by atoms with Gasteiger partial charge in [-0.05, 0) is 50.1 Å². The molecule has 0 unspecified atom stereocenters. The lowest BCUT2D eigenvalue weighted by Gasteiger charge is -2.24. The first-order valence-electron chi connectivity index (χ1n) is 9.40. The second-order valence-corrected chi connectivity index (χ2v) is 9.55. The third kappa shape index (κ3) is 4.60. The Morgan fingerprint density at radius 3 is 2.57 bits per heavy atom. The van der Waals surface area contributed by atoms with Gasteiger partial charge in [0.15, 0.2) is 0 Å². The predicted octanol–water partition coefficient (Wildman–Crippen LogP) is 3.02. The zero-order chi connectivity index (χ0) is 20.3. The molecule has 1 aliphatic rings. The lowest BCUT2D eigenvalue weighted by molar-refractivity contribution is -0.117. The van der Waals surface area contributed by atoms with Crippen LogP contribution in [0.5, 0.6) is 0 Å². The maximum atomic E-state index is 12.6. The van der Waals surface area contributed by atoms with E-state index in [4.69, 9.17) is 0 Å². The number of amides is 1. The van der Waals surface area contributed by atoms with Crippen molar-refractivity contribution >= 4 is 21.6 Å². The fourth-order valence-electron chi connectivity index (χ4n) is 3.51. The molecule has 1 heterocycles. The van der Waals surface area contributed by atoms with E-state index in [1.165, 1.54) is 37.4 Å². The highest BCUT2D eigenvalue weighted by Crippen LogP contribution is 2.31. The summed E-state index contributed by atoms with van der Waals surface area (Å²) in [5.41, 5.74) is 2.94. The second-order valence-electron chi connectivity index (χ2n) is 7.40. The van der Waals surface area contributed by atoms with Gasteiger partial charge in [0.2, 0.25) is 15.9 Å². The number of anilines is 1. The molecule has 0 bridgehead atoms. The van der Waals surface area contributed by atoms with Gasteiger partial charge in [-0.25, -0.2) is 12.7 Å². The van der Waals surface area contributed by atoms with Crippen LogP contribution < -0.4 is 5.32 Å². The van der Waals surface area contributed by atoms with Gasteiger partial charge in [0.05, 0.1) is 11.4 Å². The molecule has 150 valence electrons. The second kappa shape index (κ2) is 8.43. The maximum Gasteiger partial charge on any atom is 0.242 e. The molecule has 0 radical (unpaired) electrons. The monoisotopic (exact) mass is 401 g/mol. The highest BCUT2D eigenvalue weighted by molar-refractivity contribution is 7.89. The summed E-state index contributed by atoms with van der Waals surface area (Å²) in [5.74, 6) is -0.140. The molecule has 7 heteroatoms. The first kappa shape index (κ1) is 20.5. The van der Waals surface area contributed by atoms with Gasteiger partial charge in [-0.3, -0.25) is 9.69 Å². The number of aryl methyl sites for hydroxylation is 1. The summed E-state index contributed by atoms with van der Waals surface area (Å²) in [6.45, 7) is 3.22. The summed E-state index contributed by atoms with van der Waals surface area (Å²) in [7, 11) is -0.564. The van der Waals surface area contributed by atoms with E-state index in [9.17, 15) is 13.2 Å². The highest BCUT2D eigenvalue weighted by atomic mass is 32.2. The van der Waals surface area contributed by atoms with Gasteiger partial charge in [-0.15, -0.1) is 0 Å². The zero-order valence-corrected chi connectivity index (χ0v) is 17.4. The van der Waals surface area contributed by atoms with Crippen LogP contribution in [0.3, 0.4) is 0 Å². The summed E-state index contributed by atoms with van der Waals surface area (Å²) >= 11 is 0. The van der Waals surface area contributed by atoms with Crippen LogP contribution in [0, 0.1) is 6.92 Å². The van der Waals surface area contributed by atoms with Crippen LogP contribution in [0.25, 0.3) is 0 Å². The Morgan fingerprint density at radius 1 is 1.18 bits per heavy atom. The molecule has 1 saturated heterocycles. The van der Waals surface area contributed by atoms with Crippen LogP contribution in [-0.2, 0) is 14.8 Å². The van der Waals surface area contributed by atoms with Crippen LogP contribution in [-0.4, -0.2) is 50.7 Å². The number of hydrogen-bond acceptors (Lipinski definition) is 4. The number of rotatable bonds is 6. The normalized spacial score (nSPS) is 17.8. The van der Waals surface area contributed by atoms with Crippen molar-refractivity contribution in [1.29, 1.82) is 0 Å². The standard InChI is InChI=1S/C21H27N3O3S/c1-16-9-11-17(12-10-16)20-8-5-13-24(20)15-21(25)22-18-6-4-7-19(14-18)28(26,27)23(2)3/h4,6-7,9-12,14,20H,5,8,13,15H2,1-3H3,(H,22,25)/t20-/m0/s1. The summed E-state index contributed by atoms with van der Waals surface area (Å²) in [6.07, 6.45) is 2.09. The van der Waals surface area contributed by atoms with Crippen molar-refractivity contribution in [3.8, 4) is 0 Å². The first-order valence-corrected chi connectivity index (χ1v) is 10.8. The molecule has 0 spiro atoms. The topological polar surface area (TPSA) is 69.7 Å². The van der Waals surface area contributed by atoms with E-state index in [0.717, 1.165) is 23.7 Å². The number of carbonyl (C=O) groups is 1. The Morgan fingerprint density at radius 2 is 1.89 bits per heavy atom. The number of carbonyl (C=O) groups excluding carboxylic acids is 1. The van der Waals surface area contributed by atoms with Gasteiger partial charge >= 0.3 is 0 Å². The molecule has 0 aliphatic carbocycles. The number of benzene rings is 2. The molecule has 1 atom stereocenters. The van der Waals surface area contributed by atoms with E-state index in [1.54, 1.807) is 12.1 Å². The van der Waals surface area contributed by atoms with E-state index in [-0.39, 0.29) is 23.4 Å². The largest absolute Gasteiger partial charge is 0.325 e. The fraction of sp³-hybridized carbons (Fsp3) is 0.381. The van der Waals surface area contributed by atoms with Gasteiger partial charge in [0, 0.05) is 25.8 Å². The molecule has 28 heavy (non-hydrogen) atoms. The van der Waals surface area contributed by atoms with Crippen molar-refractivity contribution < 1.29 is 13.2 Å². The molecule has 2 aromatic rings. The first-order chi connectivity index (χ1) is 13.3. The van der Waals surface area contributed by atoms with Crippen molar-refractivity contribution in [2.24, 2.45) is 0 Å². The molecule has 1 aliphatic heterocycles. The highest BCUT2D eigenvalue weighted by Gasteiger charge is 2.27. The van der Waals surface area contributed by atoms with Crippen molar-refractivity contribution in [3.05, 3.63) is 59.7 Å². The van der Waals surface area contributed by atoms with Gasteiger partial charge in [0.1, 0.15) is 0 Å². The van der Waals surface area contributed by atoms with Gasteiger partial charge in [0.25, 0.3) is 0 Å². The summed E-state index contributed by atoms with van der Waals surface area (Å²) in [5, 5.41) is 2.84. The van der Waals surface area contributed by atoms with Crippen molar-refractivity contribution in [3.63, 3.8) is 0 Å². The van der Waals surface area contributed by atoms with Crippen LogP contribution >= 0.6 is 0 Å². The molecule has 6 nitrogen and oxygen atoms in total. The van der Waals surface area contributed by atoms with Gasteiger partial charge < -0.3 is 5.32 Å². The Labute approximate surface area is 167 Å². The third-order valence-corrected chi connectivity index (χ3v) is 6.88. The van der Waals surface area contributed by atoms with E-state index >= 15 is 0 Å². The minimum Gasteiger partial charge on any atom is -0.325 e. The minimum absolute atomic E-state index is 0.140. The van der Waals surface area contributed by atoms with Crippen LogP contribution in [0.2, 0.25) is 0 Å². The van der Waals surface area contributed by atoms with E-state index in [2.05, 4.69) is 41.4 Å². The molecule has 1 amide bonds. The summed E-state index contributed by atoms with van der Waals surface area (Å²) in [6, 6.07) is 15.1. The average molecular weight is 402 g/mol. The smallest absolute Gasteiger partial charge is 0.242 e. The molecular formula is C21H27N3O3S.